The maximum atomic E-state index is 13.3. The monoisotopic (exact) mass is 279 g/mol. The van der Waals surface area contributed by atoms with Gasteiger partial charge in [-0.05, 0) is 25.1 Å². The van der Waals surface area contributed by atoms with Crippen LogP contribution in [0.1, 0.15) is 30.8 Å². The van der Waals surface area contributed by atoms with Gasteiger partial charge in [0, 0.05) is 18.2 Å². The first kappa shape index (κ1) is 14.5. The lowest BCUT2D eigenvalue weighted by Gasteiger charge is -2.13. The van der Waals surface area contributed by atoms with Crippen LogP contribution in [-0.2, 0) is 13.2 Å². The molecule has 1 N–H and O–H groups in total. The molecule has 0 saturated carbocycles. The van der Waals surface area contributed by atoms with Crippen LogP contribution in [-0.4, -0.2) is 16.4 Å². The Balaban J connectivity index is 2.08. The van der Waals surface area contributed by atoms with E-state index in [4.69, 9.17) is 4.74 Å². The Kier molecular flexibility index (Phi) is 4.68. The molecule has 0 spiro atoms. The number of hydrogen-bond acceptors (Lipinski definition) is 5. The van der Waals surface area contributed by atoms with E-state index in [1.807, 2.05) is 13.8 Å². The molecular formula is C14H18FN3O2. The number of rotatable bonds is 6. The van der Waals surface area contributed by atoms with Crippen molar-refractivity contribution in [1.82, 2.24) is 15.6 Å². The van der Waals surface area contributed by atoms with Gasteiger partial charge in [0.25, 0.3) is 0 Å². The fourth-order valence-electron chi connectivity index (χ4n) is 1.67. The van der Waals surface area contributed by atoms with E-state index in [1.54, 1.807) is 13.0 Å². The van der Waals surface area contributed by atoms with E-state index < -0.39 is 0 Å². The van der Waals surface area contributed by atoms with Crippen LogP contribution in [0.5, 0.6) is 5.75 Å². The fraction of sp³-hybridized carbons (Fsp3) is 0.429. The summed E-state index contributed by atoms with van der Waals surface area (Å²) in [6.45, 7) is 6.64. The van der Waals surface area contributed by atoms with Gasteiger partial charge in [-0.25, -0.2) is 9.02 Å². The lowest BCUT2D eigenvalue weighted by atomic mass is 10.2. The van der Waals surface area contributed by atoms with Crippen molar-refractivity contribution in [2.45, 2.75) is 40.0 Å². The number of nitrogens with one attached hydrogen (secondary N) is 1. The quantitative estimate of drug-likeness (QED) is 0.880. The molecule has 1 aromatic heterocycles. The Morgan fingerprint density at radius 2 is 2.15 bits per heavy atom. The van der Waals surface area contributed by atoms with Crippen LogP contribution in [0, 0.1) is 12.7 Å². The van der Waals surface area contributed by atoms with Crippen molar-refractivity contribution in [3.05, 3.63) is 41.0 Å². The van der Waals surface area contributed by atoms with Crippen LogP contribution in [0.25, 0.3) is 0 Å². The number of halogens is 1. The Labute approximate surface area is 117 Å². The van der Waals surface area contributed by atoms with E-state index in [0.717, 1.165) is 5.56 Å². The molecule has 1 heterocycles. The molecule has 0 fully saturated rings. The summed E-state index contributed by atoms with van der Waals surface area (Å²) in [5, 5.41) is 10.7. The van der Waals surface area contributed by atoms with Crippen LogP contribution >= 0.6 is 0 Å². The van der Waals surface area contributed by atoms with Crippen molar-refractivity contribution in [3.8, 4) is 5.75 Å². The number of ether oxygens (including phenoxy) is 1. The molecule has 0 aliphatic heterocycles. The van der Waals surface area contributed by atoms with Gasteiger partial charge in [0.05, 0.1) is 0 Å². The van der Waals surface area contributed by atoms with Crippen LogP contribution in [0.2, 0.25) is 0 Å². The van der Waals surface area contributed by atoms with Gasteiger partial charge in [-0.3, -0.25) is 0 Å². The summed E-state index contributed by atoms with van der Waals surface area (Å²) in [5.74, 6) is 0.346. The molecular weight excluding hydrogens is 261 g/mol. The van der Waals surface area contributed by atoms with Crippen molar-refractivity contribution in [3.63, 3.8) is 0 Å². The smallest absolute Gasteiger partial charge is 0.145 e. The normalized spacial score (nSPS) is 11.1. The van der Waals surface area contributed by atoms with Gasteiger partial charge in [0.2, 0.25) is 0 Å². The van der Waals surface area contributed by atoms with Crippen LogP contribution < -0.4 is 10.1 Å². The fourth-order valence-corrected chi connectivity index (χ4v) is 1.67. The average molecular weight is 279 g/mol. The van der Waals surface area contributed by atoms with Gasteiger partial charge in [0.15, 0.2) is 0 Å². The zero-order valence-corrected chi connectivity index (χ0v) is 11.8. The summed E-state index contributed by atoms with van der Waals surface area (Å²) in [7, 11) is 0. The second-order valence-corrected chi connectivity index (χ2v) is 4.87. The summed E-state index contributed by atoms with van der Waals surface area (Å²) in [6.07, 6.45) is 0. The van der Waals surface area contributed by atoms with E-state index in [-0.39, 0.29) is 12.4 Å². The van der Waals surface area contributed by atoms with Crippen molar-refractivity contribution >= 4 is 0 Å². The third-order valence-corrected chi connectivity index (χ3v) is 2.83. The number of hydrogen-bond donors (Lipinski definition) is 1. The second kappa shape index (κ2) is 6.47. The largest absolute Gasteiger partial charge is 0.487 e. The Hall–Kier alpha value is -1.95. The van der Waals surface area contributed by atoms with E-state index in [1.165, 1.54) is 12.1 Å². The summed E-state index contributed by atoms with van der Waals surface area (Å²) in [5.41, 5.74) is 2.10. The van der Waals surface area contributed by atoms with Crippen molar-refractivity contribution in [2.24, 2.45) is 0 Å². The molecule has 0 atom stereocenters. The molecule has 0 aliphatic carbocycles. The van der Waals surface area contributed by atoms with Gasteiger partial charge in [0.1, 0.15) is 29.6 Å². The highest BCUT2D eigenvalue weighted by Crippen LogP contribution is 2.21. The molecule has 0 bridgehead atoms. The van der Waals surface area contributed by atoms with Crippen molar-refractivity contribution in [1.29, 1.82) is 0 Å². The maximum absolute atomic E-state index is 13.3. The first-order valence-electron chi connectivity index (χ1n) is 6.49. The van der Waals surface area contributed by atoms with Gasteiger partial charge in [-0.1, -0.05) is 24.2 Å². The molecule has 1 aromatic carbocycles. The first-order chi connectivity index (χ1) is 9.56. The molecule has 2 aromatic rings. The van der Waals surface area contributed by atoms with Crippen LogP contribution in [0.4, 0.5) is 4.39 Å². The van der Waals surface area contributed by atoms with Crippen molar-refractivity contribution < 1.29 is 13.8 Å². The van der Waals surface area contributed by atoms with Gasteiger partial charge in [-0.15, -0.1) is 0 Å². The van der Waals surface area contributed by atoms with Crippen LogP contribution in [0.15, 0.2) is 22.8 Å². The minimum Gasteiger partial charge on any atom is -0.487 e. The van der Waals surface area contributed by atoms with E-state index in [9.17, 15) is 4.39 Å². The predicted octanol–water partition coefficient (Wildman–Crippen LogP) is 2.59. The number of aryl methyl sites for hydroxylation is 1. The highest BCUT2D eigenvalue weighted by Gasteiger charge is 2.10. The minimum absolute atomic E-state index is 0.246. The highest BCUT2D eigenvalue weighted by atomic mass is 19.1. The Morgan fingerprint density at radius 3 is 2.80 bits per heavy atom. The number of benzene rings is 1. The standard InChI is InChI=1S/C14H18FN3O2/c1-9(2)16-7-11-6-12(15)4-5-14(11)19-8-13-10(3)17-20-18-13/h4-6,9,16H,7-8H2,1-3H3. The van der Waals surface area contributed by atoms with Gasteiger partial charge < -0.3 is 10.1 Å². The summed E-state index contributed by atoms with van der Waals surface area (Å²) in [4.78, 5) is 0. The number of nitrogens with zero attached hydrogens (tertiary/aromatic N) is 2. The lowest BCUT2D eigenvalue weighted by molar-refractivity contribution is 0.268. The molecule has 0 saturated heterocycles. The molecule has 108 valence electrons. The zero-order valence-electron chi connectivity index (χ0n) is 11.8. The Bertz CT molecular complexity index is 569. The van der Waals surface area contributed by atoms with E-state index in [0.29, 0.717) is 29.7 Å². The highest BCUT2D eigenvalue weighted by molar-refractivity contribution is 5.34. The van der Waals surface area contributed by atoms with Crippen LogP contribution in [0.3, 0.4) is 0 Å². The topological polar surface area (TPSA) is 60.2 Å². The third-order valence-electron chi connectivity index (χ3n) is 2.83. The molecule has 0 amide bonds. The molecule has 6 heteroatoms. The minimum atomic E-state index is -0.280. The van der Waals surface area contributed by atoms with Gasteiger partial charge in [-0.2, -0.15) is 0 Å². The Morgan fingerprint density at radius 1 is 1.35 bits per heavy atom. The molecule has 0 aliphatic rings. The molecule has 5 nitrogen and oxygen atoms in total. The lowest BCUT2D eigenvalue weighted by Crippen LogP contribution is -2.22. The first-order valence-corrected chi connectivity index (χ1v) is 6.49. The molecule has 0 radical (unpaired) electrons. The average Bonchev–Trinajstić information content (AvgIpc) is 2.81. The predicted molar refractivity (Wildman–Crippen MR) is 71.7 cm³/mol. The second-order valence-electron chi connectivity index (χ2n) is 4.87. The molecule has 0 unspecified atom stereocenters. The van der Waals surface area contributed by atoms with Crippen molar-refractivity contribution in [2.75, 3.05) is 0 Å². The SMILES string of the molecule is Cc1nonc1COc1ccc(F)cc1CNC(C)C. The summed E-state index contributed by atoms with van der Waals surface area (Å²) < 4.78 is 23.6. The third kappa shape index (κ3) is 3.77. The molecule has 20 heavy (non-hydrogen) atoms. The van der Waals surface area contributed by atoms with E-state index >= 15 is 0 Å². The number of aromatic nitrogens is 2. The summed E-state index contributed by atoms with van der Waals surface area (Å²) in [6, 6.07) is 4.78. The van der Waals surface area contributed by atoms with Gasteiger partial charge >= 0.3 is 0 Å². The summed E-state index contributed by atoms with van der Waals surface area (Å²) >= 11 is 0. The molecule has 2 rings (SSSR count). The zero-order chi connectivity index (χ0) is 14.5. The van der Waals surface area contributed by atoms with E-state index in [2.05, 4.69) is 20.3 Å². The maximum Gasteiger partial charge on any atom is 0.145 e.